The van der Waals surface area contributed by atoms with E-state index in [0.717, 1.165) is 16.0 Å². The third kappa shape index (κ3) is 3.12. The maximum atomic E-state index is 12.9. The average Bonchev–Trinajstić information content (AvgIpc) is 3.25. The number of aryl methyl sites for hydroxylation is 1. The molecule has 4 rings (SSSR count). The van der Waals surface area contributed by atoms with Gasteiger partial charge < -0.3 is 10.0 Å². The number of likely N-dealkylation sites (tertiary alicyclic amines) is 1. The number of aliphatic hydroxyl groups is 1. The second-order valence-corrected chi connectivity index (χ2v) is 7.56. The molecule has 1 amide bonds. The summed E-state index contributed by atoms with van der Waals surface area (Å²) in [5.41, 5.74) is 2.51. The number of ketones is 1. The van der Waals surface area contributed by atoms with E-state index in [1.165, 1.54) is 16.2 Å². The van der Waals surface area contributed by atoms with Gasteiger partial charge in [0.15, 0.2) is 0 Å². The summed E-state index contributed by atoms with van der Waals surface area (Å²) in [7, 11) is 0. The van der Waals surface area contributed by atoms with Gasteiger partial charge in [0, 0.05) is 29.4 Å². The normalized spacial score (nSPS) is 18.6. The molecular weight excluding hydrogens is 372 g/mol. The molecule has 1 saturated heterocycles. The molecule has 2 aromatic heterocycles. The van der Waals surface area contributed by atoms with E-state index >= 15 is 0 Å². The van der Waals surface area contributed by atoms with Crippen molar-refractivity contribution < 1.29 is 14.7 Å². The molecule has 1 N–H and O–H groups in total. The van der Waals surface area contributed by atoms with Crippen LogP contribution in [-0.2, 0) is 16.1 Å². The van der Waals surface area contributed by atoms with Crippen molar-refractivity contribution in [3.8, 4) is 0 Å². The Hall–Kier alpha value is -3.25. The zero-order valence-corrected chi connectivity index (χ0v) is 16.0. The van der Waals surface area contributed by atoms with Crippen LogP contribution in [0.15, 0.2) is 71.9 Å². The van der Waals surface area contributed by atoms with Crippen molar-refractivity contribution >= 4 is 28.8 Å². The number of hydrogen-bond donors (Lipinski definition) is 1. The van der Waals surface area contributed by atoms with E-state index < -0.39 is 17.7 Å². The zero-order chi connectivity index (χ0) is 19.7. The largest absolute Gasteiger partial charge is 0.507 e. The van der Waals surface area contributed by atoms with Crippen molar-refractivity contribution in [2.24, 2.45) is 0 Å². The fraction of sp³-hybridized carbons (Fsp3) is 0.136. The lowest BCUT2D eigenvalue weighted by Crippen LogP contribution is -2.29. The van der Waals surface area contributed by atoms with Gasteiger partial charge in [0.25, 0.3) is 11.7 Å². The minimum atomic E-state index is -0.659. The van der Waals surface area contributed by atoms with Crippen LogP contribution in [0.4, 0.5) is 0 Å². The summed E-state index contributed by atoms with van der Waals surface area (Å²) in [5.74, 6) is -1.41. The summed E-state index contributed by atoms with van der Waals surface area (Å²) in [4.78, 5) is 32.2. The molecule has 6 heteroatoms. The highest BCUT2D eigenvalue weighted by atomic mass is 32.1. The number of hydrogen-bond acceptors (Lipinski definition) is 5. The number of aliphatic hydroxyl groups excluding tert-OH is 1. The van der Waals surface area contributed by atoms with E-state index in [4.69, 9.17) is 0 Å². The minimum Gasteiger partial charge on any atom is -0.507 e. The van der Waals surface area contributed by atoms with E-state index in [1.807, 2.05) is 36.6 Å². The molecule has 3 aromatic rings. The summed E-state index contributed by atoms with van der Waals surface area (Å²) in [5, 5.41) is 12.9. The van der Waals surface area contributed by atoms with Crippen LogP contribution in [0, 0.1) is 6.92 Å². The molecule has 1 unspecified atom stereocenters. The van der Waals surface area contributed by atoms with Gasteiger partial charge in [-0.05, 0) is 41.6 Å². The lowest BCUT2D eigenvalue weighted by atomic mass is 9.98. The molecule has 140 valence electrons. The molecule has 0 spiro atoms. The monoisotopic (exact) mass is 390 g/mol. The lowest BCUT2D eigenvalue weighted by Gasteiger charge is -2.25. The molecule has 0 saturated carbocycles. The Morgan fingerprint density at radius 3 is 2.46 bits per heavy atom. The van der Waals surface area contributed by atoms with Gasteiger partial charge in [-0.1, -0.05) is 30.3 Å². The van der Waals surface area contributed by atoms with Gasteiger partial charge in [0.1, 0.15) is 11.8 Å². The Bertz CT molecular complexity index is 1060. The van der Waals surface area contributed by atoms with Crippen LogP contribution in [0.5, 0.6) is 0 Å². The number of carbonyl (C=O) groups is 2. The number of carbonyl (C=O) groups excluding carboxylic acids is 2. The predicted molar refractivity (Wildman–Crippen MR) is 108 cm³/mol. The fourth-order valence-electron chi connectivity index (χ4n) is 3.42. The third-order valence-electron chi connectivity index (χ3n) is 4.84. The molecule has 1 aliphatic heterocycles. The SMILES string of the molecule is Cc1ccsc1C1/C(=C(/O)c2ccccc2)C(=O)C(=O)N1Cc1ccncc1. The molecule has 1 aliphatic rings. The van der Waals surface area contributed by atoms with Gasteiger partial charge in [-0.15, -0.1) is 11.3 Å². The minimum absolute atomic E-state index is 0.135. The van der Waals surface area contributed by atoms with Crippen molar-refractivity contribution in [1.82, 2.24) is 9.88 Å². The number of nitrogens with zero attached hydrogens (tertiary/aromatic N) is 2. The Morgan fingerprint density at radius 2 is 1.82 bits per heavy atom. The quantitative estimate of drug-likeness (QED) is 0.414. The number of Topliss-reactive ketones (excluding diaryl/α,β-unsaturated/α-hetero) is 1. The fourth-order valence-corrected chi connectivity index (χ4v) is 4.46. The first-order valence-corrected chi connectivity index (χ1v) is 9.72. The van der Waals surface area contributed by atoms with Crippen molar-refractivity contribution in [1.29, 1.82) is 0 Å². The highest BCUT2D eigenvalue weighted by molar-refractivity contribution is 7.10. The van der Waals surface area contributed by atoms with Gasteiger partial charge >= 0.3 is 0 Å². The standard InChI is InChI=1S/C22H18N2O3S/c1-14-9-12-28-21(14)18-17(19(25)16-5-3-2-4-6-16)20(26)22(27)24(18)13-15-7-10-23-11-8-15/h2-12,18,25H,13H2,1H3/b19-17-. The van der Waals surface area contributed by atoms with Crippen LogP contribution in [0.2, 0.25) is 0 Å². The molecular formula is C22H18N2O3S. The molecule has 0 bridgehead atoms. The van der Waals surface area contributed by atoms with Gasteiger partial charge in [-0.2, -0.15) is 0 Å². The Balaban J connectivity index is 1.87. The highest BCUT2D eigenvalue weighted by Crippen LogP contribution is 2.43. The lowest BCUT2D eigenvalue weighted by molar-refractivity contribution is -0.140. The van der Waals surface area contributed by atoms with Crippen molar-refractivity contribution in [2.75, 3.05) is 0 Å². The first-order chi connectivity index (χ1) is 13.6. The summed E-state index contributed by atoms with van der Waals surface area (Å²) in [6.45, 7) is 2.21. The number of amides is 1. The number of pyridine rings is 1. The second kappa shape index (κ2) is 7.40. The number of rotatable bonds is 4. The predicted octanol–water partition coefficient (Wildman–Crippen LogP) is 4.07. The number of aromatic nitrogens is 1. The maximum Gasteiger partial charge on any atom is 0.295 e. The van der Waals surface area contributed by atoms with Crippen LogP contribution in [0.3, 0.4) is 0 Å². The van der Waals surface area contributed by atoms with Crippen molar-refractivity contribution in [3.05, 3.63) is 93.4 Å². The van der Waals surface area contributed by atoms with Crippen LogP contribution >= 0.6 is 11.3 Å². The van der Waals surface area contributed by atoms with Crippen LogP contribution in [0.1, 0.15) is 27.6 Å². The summed E-state index contributed by atoms with van der Waals surface area (Å²) in [6, 6.07) is 13.8. The third-order valence-corrected chi connectivity index (χ3v) is 5.91. The highest BCUT2D eigenvalue weighted by Gasteiger charge is 2.47. The van der Waals surface area contributed by atoms with E-state index in [9.17, 15) is 14.7 Å². The van der Waals surface area contributed by atoms with Gasteiger partial charge in [0.2, 0.25) is 0 Å². The van der Waals surface area contributed by atoms with E-state index in [-0.39, 0.29) is 17.9 Å². The molecule has 3 heterocycles. The zero-order valence-electron chi connectivity index (χ0n) is 15.2. The Kier molecular flexibility index (Phi) is 4.79. The summed E-state index contributed by atoms with van der Waals surface area (Å²) in [6.07, 6.45) is 3.31. The van der Waals surface area contributed by atoms with Crippen molar-refractivity contribution in [3.63, 3.8) is 0 Å². The smallest absolute Gasteiger partial charge is 0.295 e. The molecule has 1 atom stereocenters. The molecule has 0 radical (unpaired) electrons. The average molecular weight is 390 g/mol. The number of thiophene rings is 1. The Labute approximate surface area is 166 Å². The first kappa shape index (κ1) is 18.1. The van der Waals surface area contributed by atoms with Crippen molar-refractivity contribution in [2.45, 2.75) is 19.5 Å². The summed E-state index contributed by atoms with van der Waals surface area (Å²) >= 11 is 1.48. The van der Waals surface area contributed by atoms with E-state index in [0.29, 0.717) is 5.56 Å². The Morgan fingerprint density at radius 1 is 1.11 bits per heavy atom. The van der Waals surface area contributed by atoms with Crippen LogP contribution < -0.4 is 0 Å². The maximum absolute atomic E-state index is 12.9. The number of benzene rings is 1. The molecule has 28 heavy (non-hydrogen) atoms. The van der Waals surface area contributed by atoms with Crippen LogP contribution in [-0.4, -0.2) is 26.7 Å². The van der Waals surface area contributed by atoms with Gasteiger partial charge in [0.05, 0.1) is 5.57 Å². The van der Waals surface area contributed by atoms with E-state index in [2.05, 4.69) is 4.98 Å². The second-order valence-electron chi connectivity index (χ2n) is 6.62. The van der Waals surface area contributed by atoms with Gasteiger partial charge in [-0.3, -0.25) is 14.6 Å². The van der Waals surface area contributed by atoms with Crippen LogP contribution in [0.25, 0.3) is 5.76 Å². The summed E-state index contributed by atoms with van der Waals surface area (Å²) < 4.78 is 0. The van der Waals surface area contributed by atoms with Gasteiger partial charge in [-0.25, -0.2) is 0 Å². The molecule has 0 aliphatic carbocycles. The van der Waals surface area contributed by atoms with E-state index in [1.54, 1.807) is 36.7 Å². The molecule has 5 nitrogen and oxygen atoms in total. The first-order valence-electron chi connectivity index (χ1n) is 8.84. The molecule has 1 fully saturated rings. The topological polar surface area (TPSA) is 70.5 Å². The molecule has 1 aromatic carbocycles.